The molecule has 0 aliphatic heterocycles. The lowest BCUT2D eigenvalue weighted by Crippen LogP contribution is -2.34. The van der Waals surface area contributed by atoms with Crippen LogP contribution in [0.15, 0.2) is 24.3 Å². The van der Waals surface area contributed by atoms with Crippen molar-refractivity contribution < 1.29 is 17.9 Å². The van der Waals surface area contributed by atoms with E-state index in [4.69, 9.17) is 0 Å². The molecule has 4 heteroatoms. The highest BCUT2D eigenvalue weighted by molar-refractivity contribution is 5.35. The van der Waals surface area contributed by atoms with Gasteiger partial charge in [0.2, 0.25) is 6.17 Å². The molecule has 1 atom stereocenters. The SMILES string of the molecule is CC(C)c1ccccc1OC(F)(F)C(C)F. The van der Waals surface area contributed by atoms with Crippen LogP contribution in [0.4, 0.5) is 13.2 Å². The van der Waals surface area contributed by atoms with E-state index >= 15 is 0 Å². The quantitative estimate of drug-likeness (QED) is 0.758. The minimum Gasteiger partial charge on any atom is -0.430 e. The Morgan fingerprint density at radius 1 is 1.12 bits per heavy atom. The molecule has 1 rings (SSSR count). The molecule has 1 nitrogen and oxygen atoms in total. The number of hydrogen-bond donors (Lipinski definition) is 0. The minimum absolute atomic E-state index is 0.0343. The topological polar surface area (TPSA) is 9.23 Å². The van der Waals surface area contributed by atoms with Gasteiger partial charge in [0.25, 0.3) is 0 Å². The first-order valence-corrected chi connectivity index (χ1v) is 5.14. The van der Waals surface area contributed by atoms with E-state index in [1.165, 1.54) is 6.07 Å². The molecule has 0 aliphatic carbocycles. The van der Waals surface area contributed by atoms with Crippen molar-refractivity contribution in [1.29, 1.82) is 0 Å². The van der Waals surface area contributed by atoms with Gasteiger partial charge in [0.1, 0.15) is 5.75 Å². The van der Waals surface area contributed by atoms with Crippen molar-refractivity contribution in [3.05, 3.63) is 29.8 Å². The number of alkyl halides is 3. The van der Waals surface area contributed by atoms with Gasteiger partial charge in [-0.3, -0.25) is 0 Å². The Balaban J connectivity index is 2.97. The molecule has 0 heterocycles. The number of hydrogen-bond acceptors (Lipinski definition) is 1. The van der Waals surface area contributed by atoms with Gasteiger partial charge in [-0.25, -0.2) is 4.39 Å². The molecular formula is C12H15F3O. The van der Waals surface area contributed by atoms with Crippen LogP contribution >= 0.6 is 0 Å². The molecule has 0 aromatic heterocycles. The predicted molar refractivity (Wildman–Crippen MR) is 56.7 cm³/mol. The van der Waals surface area contributed by atoms with Crippen molar-refractivity contribution >= 4 is 0 Å². The summed E-state index contributed by atoms with van der Waals surface area (Å²) in [6, 6.07) is 6.43. The first-order chi connectivity index (χ1) is 7.34. The highest BCUT2D eigenvalue weighted by Gasteiger charge is 2.40. The lowest BCUT2D eigenvalue weighted by molar-refractivity contribution is -0.215. The molecule has 0 radical (unpaired) electrons. The van der Waals surface area contributed by atoms with Crippen molar-refractivity contribution in [1.82, 2.24) is 0 Å². The summed E-state index contributed by atoms with van der Waals surface area (Å²) < 4.78 is 43.2. The van der Waals surface area contributed by atoms with Crippen molar-refractivity contribution in [3.8, 4) is 5.75 Å². The maximum Gasteiger partial charge on any atom is 0.429 e. The third kappa shape index (κ3) is 2.90. The Hall–Kier alpha value is -1.19. The van der Waals surface area contributed by atoms with Crippen LogP contribution in [0.2, 0.25) is 0 Å². The summed E-state index contributed by atoms with van der Waals surface area (Å²) in [5.41, 5.74) is 0.642. The standard InChI is InChI=1S/C12H15F3O/c1-8(2)10-6-4-5-7-11(10)16-12(14,15)9(3)13/h4-9H,1-3H3. The highest BCUT2D eigenvalue weighted by atomic mass is 19.3. The Morgan fingerprint density at radius 3 is 2.19 bits per heavy atom. The third-order valence-corrected chi connectivity index (χ3v) is 2.25. The molecule has 0 bridgehead atoms. The molecule has 0 N–H and O–H groups in total. The van der Waals surface area contributed by atoms with Gasteiger partial charge >= 0.3 is 6.11 Å². The van der Waals surface area contributed by atoms with Crippen molar-refractivity contribution in [2.75, 3.05) is 0 Å². The Labute approximate surface area is 93.2 Å². The van der Waals surface area contributed by atoms with Gasteiger partial charge in [-0.2, -0.15) is 8.78 Å². The minimum atomic E-state index is -3.79. The number of benzene rings is 1. The zero-order valence-corrected chi connectivity index (χ0v) is 9.51. The fraction of sp³-hybridized carbons (Fsp3) is 0.500. The largest absolute Gasteiger partial charge is 0.430 e. The van der Waals surface area contributed by atoms with Crippen LogP contribution in [0.5, 0.6) is 5.75 Å². The number of halogens is 3. The van der Waals surface area contributed by atoms with E-state index in [9.17, 15) is 13.2 Å². The molecule has 16 heavy (non-hydrogen) atoms. The van der Waals surface area contributed by atoms with Crippen molar-refractivity contribution in [2.45, 2.75) is 39.0 Å². The first-order valence-electron chi connectivity index (χ1n) is 5.14. The molecule has 0 saturated carbocycles. The van der Waals surface area contributed by atoms with Crippen LogP contribution in [0.1, 0.15) is 32.3 Å². The lowest BCUT2D eigenvalue weighted by Gasteiger charge is -2.21. The molecule has 0 spiro atoms. The first kappa shape index (κ1) is 12.9. The average molecular weight is 232 g/mol. The van der Waals surface area contributed by atoms with Gasteiger partial charge in [0.15, 0.2) is 0 Å². The van der Waals surface area contributed by atoms with Gasteiger partial charge < -0.3 is 4.74 Å². The second-order valence-corrected chi connectivity index (χ2v) is 3.97. The number of para-hydroxylation sites is 1. The molecule has 90 valence electrons. The molecule has 0 saturated heterocycles. The number of ether oxygens (including phenoxy) is 1. The Bertz CT molecular complexity index is 348. The maximum atomic E-state index is 13.1. The van der Waals surface area contributed by atoms with Gasteiger partial charge in [-0.1, -0.05) is 32.0 Å². The third-order valence-electron chi connectivity index (χ3n) is 2.25. The fourth-order valence-electron chi connectivity index (χ4n) is 1.28. The van der Waals surface area contributed by atoms with E-state index in [1.807, 2.05) is 13.8 Å². The summed E-state index contributed by atoms with van der Waals surface area (Å²) in [6.07, 6.45) is -6.13. The summed E-state index contributed by atoms with van der Waals surface area (Å²) in [7, 11) is 0. The van der Waals surface area contributed by atoms with Gasteiger partial charge in [-0.05, 0) is 24.5 Å². The second-order valence-electron chi connectivity index (χ2n) is 3.97. The Morgan fingerprint density at radius 2 is 1.69 bits per heavy atom. The summed E-state index contributed by atoms with van der Waals surface area (Å²) in [5, 5.41) is 0. The highest BCUT2D eigenvalue weighted by Crippen LogP contribution is 2.32. The summed E-state index contributed by atoms with van der Waals surface area (Å²) >= 11 is 0. The Kier molecular flexibility index (Phi) is 3.83. The fourth-order valence-corrected chi connectivity index (χ4v) is 1.28. The van der Waals surface area contributed by atoms with Crippen LogP contribution < -0.4 is 4.74 Å². The van der Waals surface area contributed by atoms with Crippen LogP contribution in [-0.2, 0) is 0 Å². The van der Waals surface area contributed by atoms with E-state index in [1.54, 1.807) is 18.2 Å². The van der Waals surface area contributed by atoms with Gasteiger partial charge in [-0.15, -0.1) is 0 Å². The van der Waals surface area contributed by atoms with Gasteiger partial charge in [0.05, 0.1) is 0 Å². The average Bonchev–Trinajstić information content (AvgIpc) is 2.17. The van der Waals surface area contributed by atoms with E-state index in [2.05, 4.69) is 4.74 Å². The van der Waals surface area contributed by atoms with E-state index in [-0.39, 0.29) is 11.7 Å². The zero-order valence-electron chi connectivity index (χ0n) is 9.51. The lowest BCUT2D eigenvalue weighted by atomic mass is 10.0. The van der Waals surface area contributed by atoms with Crippen molar-refractivity contribution in [2.24, 2.45) is 0 Å². The van der Waals surface area contributed by atoms with Crippen LogP contribution in [0.25, 0.3) is 0 Å². The zero-order chi connectivity index (χ0) is 12.3. The summed E-state index contributed by atoms with van der Waals surface area (Å²) in [6.45, 7) is 4.50. The van der Waals surface area contributed by atoms with E-state index in [0.717, 1.165) is 6.92 Å². The second kappa shape index (κ2) is 4.76. The van der Waals surface area contributed by atoms with Crippen molar-refractivity contribution in [3.63, 3.8) is 0 Å². The normalized spacial score (nSPS) is 13.9. The smallest absolute Gasteiger partial charge is 0.429 e. The van der Waals surface area contributed by atoms with Crippen LogP contribution in [-0.4, -0.2) is 12.3 Å². The maximum absolute atomic E-state index is 13.1. The van der Waals surface area contributed by atoms with Crippen LogP contribution in [0, 0.1) is 0 Å². The molecular weight excluding hydrogens is 217 g/mol. The van der Waals surface area contributed by atoms with E-state index < -0.39 is 12.3 Å². The molecule has 0 aliphatic rings. The predicted octanol–water partition coefficient (Wildman–Crippen LogP) is 4.14. The van der Waals surface area contributed by atoms with Gasteiger partial charge in [0, 0.05) is 0 Å². The van der Waals surface area contributed by atoms with Crippen LogP contribution in [0.3, 0.4) is 0 Å². The summed E-state index contributed by atoms with van der Waals surface area (Å²) in [5.74, 6) is 0.0777. The molecule has 1 aromatic rings. The molecule has 1 unspecified atom stereocenters. The van der Waals surface area contributed by atoms with E-state index in [0.29, 0.717) is 5.56 Å². The molecule has 0 fully saturated rings. The summed E-state index contributed by atoms with van der Waals surface area (Å²) in [4.78, 5) is 0. The number of rotatable bonds is 4. The molecule has 0 amide bonds. The monoisotopic (exact) mass is 232 g/mol. The molecule has 1 aromatic carbocycles.